The lowest BCUT2D eigenvalue weighted by molar-refractivity contribution is -0.146. The highest BCUT2D eigenvalue weighted by atomic mass is 16.4. The van der Waals surface area contributed by atoms with Crippen molar-refractivity contribution in [2.24, 2.45) is 28.9 Å². The molecule has 0 bridgehead atoms. The van der Waals surface area contributed by atoms with E-state index in [1.54, 1.807) is 44.2 Å². The van der Waals surface area contributed by atoms with E-state index in [4.69, 9.17) is 22.9 Å². The molecule has 0 aliphatic carbocycles. The van der Waals surface area contributed by atoms with Crippen molar-refractivity contribution in [1.82, 2.24) is 42.1 Å². The molecule has 1 aliphatic rings. The Bertz CT molecular complexity index is 2460. The van der Waals surface area contributed by atoms with E-state index < -0.39 is 151 Å². The van der Waals surface area contributed by atoms with Crippen LogP contribution in [0.2, 0.25) is 0 Å². The summed E-state index contributed by atoms with van der Waals surface area (Å²) in [6.45, 7) is 3.51. The number of carboxylic acid groups (broad SMARTS) is 1. The minimum absolute atomic E-state index is 0.0152. The Balaban J connectivity index is 1.90. The summed E-state index contributed by atoms with van der Waals surface area (Å²) < 4.78 is 0. The van der Waals surface area contributed by atoms with Crippen LogP contribution in [0.4, 0.5) is 0 Å². The molecule has 428 valence electrons. The summed E-state index contributed by atoms with van der Waals surface area (Å²) >= 11 is 0. The maximum atomic E-state index is 14.5. The number of amides is 11. The quantitative estimate of drug-likeness (QED) is 0.0326. The highest BCUT2D eigenvalue weighted by molar-refractivity contribution is 5.99. The number of phenols is 1. The molecule has 10 atom stereocenters. The average Bonchev–Trinajstić information content (AvgIpc) is 3.87. The van der Waals surface area contributed by atoms with E-state index in [0.29, 0.717) is 11.1 Å². The SMILES string of the molecule is CC(C)C[C@H](NC(=O)[C@@H]1CCCN1C(=O)[C@H](Cc1ccc(O)cc1)NC(=O)[C@H](CO)NC(=O)[C@H](CC(N)=O)NC(=O)[C@H](Cc1ccccc1)NC(=O)[C@H](CCC(N)=O)NC(=O)[C@@H](N)CCC(N)=O)C(=O)N[C@H](C(=O)O)[C@@H](C)O. The molecule has 78 heavy (non-hydrogen) atoms. The predicted molar refractivity (Wildman–Crippen MR) is 275 cm³/mol. The number of hydrogen-bond acceptors (Lipinski definition) is 16. The van der Waals surface area contributed by atoms with Gasteiger partial charge in [0.1, 0.15) is 48.0 Å². The number of aliphatic hydroxyl groups excluding tert-OH is 2. The van der Waals surface area contributed by atoms with E-state index in [1.165, 1.54) is 24.3 Å². The number of carbonyl (C=O) groups is 12. The summed E-state index contributed by atoms with van der Waals surface area (Å²) in [5.74, 6) is -12.5. The number of aliphatic carboxylic acids is 1. The van der Waals surface area contributed by atoms with E-state index in [1.807, 2.05) is 0 Å². The fourth-order valence-electron chi connectivity index (χ4n) is 8.20. The lowest BCUT2D eigenvalue weighted by Gasteiger charge is -2.31. The molecule has 28 nitrogen and oxygen atoms in total. The highest BCUT2D eigenvalue weighted by Gasteiger charge is 2.41. The van der Waals surface area contributed by atoms with Gasteiger partial charge >= 0.3 is 5.97 Å². The van der Waals surface area contributed by atoms with Gasteiger partial charge in [0.05, 0.1) is 25.2 Å². The maximum absolute atomic E-state index is 14.5. The number of nitrogens with one attached hydrogen (secondary N) is 7. The Kier molecular flexibility index (Phi) is 25.5. The Morgan fingerprint density at radius 3 is 1.67 bits per heavy atom. The standard InChI is InChI=1S/C50H72N12O16/c1-25(2)20-32(46(73)61-41(26(3)64)50(77)78)58-48(75)37-10-7-19-62(37)49(76)35(22-28-11-13-29(65)14-12-28)59-47(74)36(24-63)60-45(72)34(23-40(54)68)57-44(71)33(21-27-8-5-4-6-9-27)56-43(70)31(16-18-39(53)67)55-42(69)30(51)15-17-38(52)66/h4-6,8-9,11-14,25-26,30-37,41,63-65H,7,10,15-24,51H2,1-3H3,(H2,52,66)(H2,53,67)(H2,54,68)(H,55,69)(H,56,70)(H,57,71)(H,58,75)(H,59,74)(H,60,72)(H,61,73)(H,77,78)/t26-,30+,31+,32+,33+,34+,35+,36+,37+,41+/m1/s1. The molecule has 0 unspecified atom stereocenters. The van der Waals surface area contributed by atoms with Gasteiger partial charge < -0.3 is 85.5 Å². The van der Waals surface area contributed by atoms with Gasteiger partial charge in [-0.05, 0) is 68.2 Å². The zero-order chi connectivity index (χ0) is 58.4. The number of rotatable bonds is 32. The number of primary amides is 3. The number of nitrogens with two attached hydrogens (primary N) is 4. The van der Waals surface area contributed by atoms with Gasteiger partial charge in [-0.1, -0.05) is 56.3 Å². The molecule has 0 aromatic heterocycles. The number of hydrogen-bond donors (Lipinski definition) is 15. The zero-order valence-corrected chi connectivity index (χ0v) is 43.5. The predicted octanol–water partition coefficient (Wildman–Crippen LogP) is -5.20. The van der Waals surface area contributed by atoms with Crippen molar-refractivity contribution < 1.29 is 78.0 Å². The van der Waals surface area contributed by atoms with Crippen LogP contribution in [0.3, 0.4) is 0 Å². The molecule has 1 fully saturated rings. The summed E-state index contributed by atoms with van der Waals surface area (Å²) in [7, 11) is 0. The number of benzene rings is 2. The molecule has 0 radical (unpaired) electrons. The van der Waals surface area contributed by atoms with Crippen molar-refractivity contribution in [3.05, 3.63) is 65.7 Å². The van der Waals surface area contributed by atoms with Crippen molar-refractivity contribution in [2.75, 3.05) is 13.2 Å². The normalized spacial score (nSPS) is 16.5. The lowest BCUT2D eigenvalue weighted by Crippen LogP contribution is -2.61. The van der Waals surface area contributed by atoms with Gasteiger partial charge in [-0.3, -0.25) is 52.7 Å². The molecule has 0 saturated carbocycles. The number of nitrogens with zero attached hydrogens (tertiary/aromatic N) is 1. The van der Waals surface area contributed by atoms with Gasteiger partial charge in [-0.25, -0.2) is 4.79 Å². The number of carboxylic acids is 1. The lowest BCUT2D eigenvalue weighted by atomic mass is 10.0. The number of phenolic OH excluding ortho intramolecular Hbond substituents is 1. The molecule has 11 amide bonds. The average molecular weight is 1100 g/mol. The first-order chi connectivity index (χ1) is 36.7. The molecule has 28 heteroatoms. The van der Waals surface area contributed by atoms with E-state index >= 15 is 0 Å². The largest absolute Gasteiger partial charge is 0.508 e. The van der Waals surface area contributed by atoms with E-state index in [0.717, 1.165) is 11.8 Å². The first-order valence-electron chi connectivity index (χ1n) is 25.1. The van der Waals surface area contributed by atoms with Crippen LogP contribution in [0.1, 0.15) is 83.3 Å². The molecule has 1 heterocycles. The van der Waals surface area contributed by atoms with E-state index in [2.05, 4.69) is 37.2 Å². The zero-order valence-electron chi connectivity index (χ0n) is 43.5. The van der Waals surface area contributed by atoms with Crippen LogP contribution in [-0.4, -0.2) is 170 Å². The van der Waals surface area contributed by atoms with Crippen molar-refractivity contribution in [1.29, 1.82) is 0 Å². The molecule has 3 rings (SSSR count). The van der Waals surface area contributed by atoms with Crippen molar-refractivity contribution in [3.8, 4) is 5.75 Å². The van der Waals surface area contributed by atoms with Gasteiger partial charge in [-0.15, -0.1) is 0 Å². The third-order valence-electron chi connectivity index (χ3n) is 12.3. The van der Waals surface area contributed by atoms with Gasteiger partial charge in [0.25, 0.3) is 0 Å². The number of aromatic hydroxyl groups is 1. The summed E-state index contributed by atoms with van der Waals surface area (Å²) in [5.41, 5.74) is 22.7. The van der Waals surface area contributed by atoms with Crippen LogP contribution in [-0.2, 0) is 70.4 Å². The molecule has 0 spiro atoms. The van der Waals surface area contributed by atoms with Gasteiger partial charge in [0.2, 0.25) is 65.0 Å². The van der Waals surface area contributed by atoms with Crippen LogP contribution in [0.5, 0.6) is 5.75 Å². The summed E-state index contributed by atoms with van der Waals surface area (Å²) in [5, 5.41) is 56.6. The van der Waals surface area contributed by atoms with E-state index in [9.17, 15) is 78.0 Å². The summed E-state index contributed by atoms with van der Waals surface area (Å²) in [4.78, 5) is 159. The molecular formula is C50H72N12O16. The van der Waals surface area contributed by atoms with Gasteiger partial charge in [0, 0.05) is 32.2 Å². The number of aliphatic hydroxyl groups is 2. The Labute approximate surface area is 448 Å². The molecule has 2 aromatic carbocycles. The fourth-order valence-corrected chi connectivity index (χ4v) is 8.20. The first-order valence-corrected chi connectivity index (χ1v) is 25.1. The van der Waals surface area contributed by atoms with Gasteiger partial charge in [-0.2, -0.15) is 0 Å². The minimum Gasteiger partial charge on any atom is -0.508 e. The molecule has 19 N–H and O–H groups in total. The second kappa shape index (κ2) is 31.1. The Hall–Kier alpha value is -8.24. The monoisotopic (exact) mass is 1100 g/mol. The van der Waals surface area contributed by atoms with Crippen LogP contribution < -0.4 is 60.2 Å². The fraction of sp³-hybridized carbons (Fsp3) is 0.520. The van der Waals surface area contributed by atoms with Crippen LogP contribution >= 0.6 is 0 Å². The minimum atomic E-state index is -1.90. The number of carbonyl (C=O) groups excluding carboxylic acids is 11. The van der Waals surface area contributed by atoms with Crippen LogP contribution in [0.15, 0.2) is 54.6 Å². The van der Waals surface area contributed by atoms with Crippen molar-refractivity contribution >= 4 is 70.9 Å². The van der Waals surface area contributed by atoms with Gasteiger partial charge in [0.15, 0.2) is 6.04 Å². The summed E-state index contributed by atoms with van der Waals surface area (Å²) in [6, 6.07) is -0.358. The third-order valence-corrected chi connectivity index (χ3v) is 12.3. The molecule has 2 aromatic rings. The third kappa shape index (κ3) is 21.1. The topological polar surface area (TPSA) is 477 Å². The van der Waals surface area contributed by atoms with Crippen molar-refractivity contribution in [2.45, 2.75) is 145 Å². The molecule has 1 saturated heterocycles. The van der Waals surface area contributed by atoms with E-state index in [-0.39, 0.29) is 69.6 Å². The molecule has 1 aliphatic heterocycles. The summed E-state index contributed by atoms with van der Waals surface area (Å²) in [6.07, 6.45) is -3.77. The van der Waals surface area contributed by atoms with Crippen LogP contribution in [0.25, 0.3) is 0 Å². The smallest absolute Gasteiger partial charge is 0.328 e. The highest BCUT2D eigenvalue weighted by Crippen LogP contribution is 2.22. The second-order valence-electron chi connectivity index (χ2n) is 19.3. The first kappa shape index (κ1) is 64.0. The Morgan fingerprint density at radius 2 is 1.10 bits per heavy atom. The van der Waals surface area contributed by atoms with Crippen molar-refractivity contribution in [3.63, 3.8) is 0 Å². The molecular weight excluding hydrogens is 1020 g/mol. The van der Waals surface area contributed by atoms with Crippen LogP contribution in [0, 0.1) is 5.92 Å². The second-order valence-corrected chi connectivity index (χ2v) is 19.3. The Morgan fingerprint density at radius 1 is 0.603 bits per heavy atom. The maximum Gasteiger partial charge on any atom is 0.328 e. The number of likely N-dealkylation sites (tertiary alicyclic amines) is 1.